The highest BCUT2D eigenvalue weighted by Gasteiger charge is 2.13. The van der Waals surface area contributed by atoms with Gasteiger partial charge in [0.15, 0.2) is 0 Å². The molecule has 110 valence electrons. The van der Waals surface area contributed by atoms with Crippen LogP contribution >= 0.6 is 0 Å². The number of hydrogen-bond acceptors (Lipinski definition) is 4. The highest BCUT2D eigenvalue weighted by atomic mass is 16.5. The molecule has 5 nitrogen and oxygen atoms in total. The first-order valence-corrected chi connectivity index (χ1v) is 7.06. The first-order chi connectivity index (χ1) is 9.66. The van der Waals surface area contributed by atoms with Crippen LogP contribution < -0.4 is 16.0 Å². The normalized spacial score (nSPS) is 14.2. The molecule has 0 saturated heterocycles. The van der Waals surface area contributed by atoms with E-state index in [4.69, 9.17) is 10.5 Å². The molecule has 3 N–H and O–H groups in total. The van der Waals surface area contributed by atoms with Crippen LogP contribution in [0.1, 0.15) is 17.5 Å². The summed E-state index contributed by atoms with van der Waals surface area (Å²) in [7, 11) is 2.14. The van der Waals surface area contributed by atoms with E-state index in [9.17, 15) is 4.79 Å². The highest BCUT2D eigenvalue weighted by Crippen LogP contribution is 2.26. The Labute approximate surface area is 120 Å². The molecule has 1 aliphatic heterocycles. The molecule has 0 spiro atoms. The van der Waals surface area contributed by atoms with Gasteiger partial charge >= 0.3 is 0 Å². The maximum absolute atomic E-state index is 10.5. The largest absolute Gasteiger partial charge is 0.374 e. The minimum absolute atomic E-state index is 0.00708. The van der Waals surface area contributed by atoms with E-state index < -0.39 is 5.91 Å². The molecule has 20 heavy (non-hydrogen) atoms. The van der Waals surface area contributed by atoms with E-state index in [2.05, 4.69) is 35.5 Å². The molecule has 1 amide bonds. The molecule has 0 saturated carbocycles. The number of amides is 1. The average molecular weight is 277 g/mol. The minimum Gasteiger partial charge on any atom is -0.374 e. The Morgan fingerprint density at radius 2 is 2.35 bits per heavy atom. The predicted molar refractivity (Wildman–Crippen MR) is 79.8 cm³/mol. The summed E-state index contributed by atoms with van der Waals surface area (Å²) >= 11 is 0. The van der Waals surface area contributed by atoms with Crippen LogP contribution in [0, 0.1) is 0 Å². The van der Waals surface area contributed by atoms with Gasteiger partial charge in [-0.1, -0.05) is 12.1 Å². The van der Waals surface area contributed by atoms with Gasteiger partial charge in [0.2, 0.25) is 5.91 Å². The van der Waals surface area contributed by atoms with Gasteiger partial charge in [-0.2, -0.15) is 0 Å². The number of primary amides is 1. The fourth-order valence-corrected chi connectivity index (χ4v) is 2.50. The Bertz CT molecular complexity index is 462. The summed E-state index contributed by atoms with van der Waals surface area (Å²) < 4.78 is 5.09. The fourth-order valence-electron chi connectivity index (χ4n) is 2.50. The Morgan fingerprint density at radius 1 is 1.50 bits per heavy atom. The van der Waals surface area contributed by atoms with Crippen molar-refractivity contribution in [3.8, 4) is 0 Å². The summed E-state index contributed by atoms with van der Waals surface area (Å²) in [6.07, 6.45) is 2.39. The number of carbonyl (C=O) groups is 1. The van der Waals surface area contributed by atoms with Crippen molar-refractivity contribution in [1.29, 1.82) is 0 Å². The molecule has 0 aromatic heterocycles. The van der Waals surface area contributed by atoms with Crippen molar-refractivity contribution < 1.29 is 9.53 Å². The van der Waals surface area contributed by atoms with Crippen LogP contribution in [0.5, 0.6) is 0 Å². The van der Waals surface area contributed by atoms with Gasteiger partial charge in [0.1, 0.15) is 6.61 Å². The third-order valence-electron chi connectivity index (χ3n) is 3.49. The third-order valence-corrected chi connectivity index (χ3v) is 3.49. The molecule has 1 heterocycles. The van der Waals surface area contributed by atoms with E-state index in [0.29, 0.717) is 13.2 Å². The lowest BCUT2D eigenvalue weighted by Crippen LogP contribution is -2.25. The Hall–Kier alpha value is -1.59. The number of ether oxygens (including phenoxy) is 1. The lowest BCUT2D eigenvalue weighted by atomic mass is 9.99. The van der Waals surface area contributed by atoms with Crippen molar-refractivity contribution in [1.82, 2.24) is 5.32 Å². The Morgan fingerprint density at radius 3 is 3.15 bits per heavy atom. The smallest absolute Gasteiger partial charge is 0.243 e. The summed E-state index contributed by atoms with van der Waals surface area (Å²) in [4.78, 5) is 12.8. The number of nitrogens with two attached hydrogens (primary N) is 1. The van der Waals surface area contributed by atoms with E-state index in [1.165, 1.54) is 23.2 Å². The number of aryl methyl sites for hydroxylation is 1. The zero-order valence-corrected chi connectivity index (χ0v) is 12.0. The number of nitrogens with one attached hydrogen (secondary N) is 1. The van der Waals surface area contributed by atoms with Crippen molar-refractivity contribution >= 4 is 11.6 Å². The number of carbonyl (C=O) groups excluding carboxylic acids is 1. The maximum atomic E-state index is 10.5. The monoisotopic (exact) mass is 277 g/mol. The molecule has 2 rings (SSSR count). The zero-order chi connectivity index (χ0) is 14.4. The molecular weight excluding hydrogens is 254 g/mol. The molecule has 0 aliphatic carbocycles. The van der Waals surface area contributed by atoms with E-state index in [-0.39, 0.29) is 6.61 Å². The van der Waals surface area contributed by atoms with Crippen LogP contribution in [0.4, 0.5) is 5.69 Å². The van der Waals surface area contributed by atoms with E-state index >= 15 is 0 Å². The lowest BCUT2D eigenvalue weighted by molar-refractivity contribution is -0.122. The maximum Gasteiger partial charge on any atom is 0.243 e. The molecule has 1 aromatic rings. The molecule has 1 aliphatic rings. The quantitative estimate of drug-likeness (QED) is 0.719. The summed E-state index contributed by atoms with van der Waals surface area (Å²) in [5.41, 5.74) is 9.06. The van der Waals surface area contributed by atoms with Crippen molar-refractivity contribution in [3.63, 3.8) is 0 Å². The van der Waals surface area contributed by atoms with Crippen molar-refractivity contribution in [3.05, 3.63) is 29.3 Å². The summed E-state index contributed by atoms with van der Waals surface area (Å²) in [6.45, 7) is 3.16. The topological polar surface area (TPSA) is 67.6 Å². The van der Waals surface area contributed by atoms with Gasteiger partial charge in [-0.25, -0.2) is 0 Å². The van der Waals surface area contributed by atoms with Gasteiger partial charge < -0.3 is 20.7 Å². The zero-order valence-electron chi connectivity index (χ0n) is 12.0. The summed E-state index contributed by atoms with van der Waals surface area (Å²) in [5.74, 6) is -0.427. The Kier molecular flexibility index (Phi) is 5.38. The van der Waals surface area contributed by atoms with Crippen molar-refractivity contribution in [2.24, 2.45) is 5.73 Å². The second-order valence-corrected chi connectivity index (χ2v) is 5.18. The number of rotatable bonds is 7. The van der Waals surface area contributed by atoms with Crippen LogP contribution in [0.3, 0.4) is 0 Å². The molecule has 0 fully saturated rings. The Balaban J connectivity index is 1.75. The molecule has 0 radical (unpaired) electrons. The van der Waals surface area contributed by atoms with Crippen molar-refractivity contribution in [2.75, 3.05) is 38.3 Å². The first kappa shape index (κ1) is 14.8. The van der Waals surface area contributed by atoms with Crippen LogP contribution in [0.25, 0.3) is 0 Å². The third kappa shape index (κ3) is 4.21. The van der Waals surface area contributed by atoms with Gasteiger partial charge in [-0.05, 0) is 30.0 Å². The second kappa shape index (κ2) is 7.26. The first-order valence-electron chi connectivity index (χ1n) is 7.06. The predicted octanol–water partition coefficient (Wildman–Crippen LogP) is 0.661. The van der Waals surface area contributed by atoms with Gasteiger partial charge in [0.25, 0.3) is 0 Å². The fraction of sp³-hybridized carbons (Fsp3) is 0.533. The molecule has 1 aromatic carbocycles. The van der Waals surface area contributed by atoms with Crippen LogP contribution in [0.2, 0.25) is 0 Å². The number of benzene rings is 1. The van der Waals surface area contributed by atoms with E-state index in [1.54, 1.807) is 0 Å². The van der Waals surface area contributed by atoms with Gasteiger partial charge in [-0.15, -0.1) is 0 Å². The SMILES string of the molecule is CN1CCCc2cc(CNCCOCC(N)=O)ccc21. The molecule has 0 unspecified atom stereocenters. The van der Waals surface area contributed by atoms with Gasteiger partial charge in [-0.3, -0.25) is 4.79 Å². The molecule has 5 heteroatoms. The number of hydrogen-bond donors (Lipinski definition) is 2. The van der Waals surface area contributed by atoms with E-state index in [1.807, 2.05) is 0 Å². The average Bonchev–Trinajstić information content (AvgIpc) is 2.42. The van der Waals surface area contributed by atoms with Gasteiger partial charge in [0.05, 0.1) is 6.61 Å². The number of anilines is 1. The molecule has 0 atom stereocenters. The van der Waals surface area contributed by atoms with Crippen LogP contribution in [-0.4, -0.2) is 39.3 Å². The highest BCUT2D eigenvalue weighted by molar-refractivity contribution is 5.74. The van der Waals surface area contributed by atoms with Gasteiger partial charge in [0, 0.05) is 32.4 Å². The molecular formula is C15H23N3O2. The second-order valence-electron chi connectivity index (χ2n) is 5.18. The molecule has 0 bridgehead atoms. The summed E-state index contributed by atoms with van der Waals surface area (Å²) in [5, 5.41) is 3.30. The standard InChI is InChI=1S/C15H23N3O2/c1-18-7-2-3-13-9-12(4-5-14(13)18)10-17-6-8-20-11-15(16)19/h4-5,9,17H,2-3,6-8,10-11H2,1H3,(H2,16,19). The van der Waals surface area contributed by atoms with E-state index in [0.717, 1.165) is 19.5 Å². The number of fused-ring (bicyclic) bond motifs is 1. The summed E-state index contributed by atoms with van der Waals surface area (Å²) in [6, 6.07) is 6.65. The lowest BCUT2D eigenvalue weighted by Gasteiger charge is -2.27. The number of nitrogens with zero attached hydrogens (tertiary/aromatic N) is 1. The minimum atomic E-state index is -0.427. The van der Waals surface area contributed by atoms with Crippen molar-refractivity contribution in [2.45, 2.75) is 19.4 Å². The van der Waals surface area contributed by atoms with Crippen LogP contribution in [-0.2, 0) is 22.5 Å². The van der Waals surface area contributed by atoms with Crippen LogP contribution in [0.15, 0.2) is 18.2 Å².